The van der Waals surface area contributed by atoms with E-state index in [1.165, 1.54) is 13.0 Å². The summed E-state index contributed by atoms with van der Waals surface area (Å²) >= 11 is 0. The Kier molecular flexibility index (Phi) is 2.95. The van der Waals surface area contributed by atoms with Gasteiger partial charge in [0.25, 0.3) is 0 Å². The number of rotatable bonds is 2. The zero-order chi connectivity index (χ0) is 12.8. The van der Waals surface area contributed by atoms with Crippen molar-refractivity contribution in [3.05, 3.63) is 28.8 Å². The van der Waals surface area contributed by atoms with Crippen molar-refractivity contribution in [2.75, 3.05) is 0 Å². The van der Waals surface area contributed by atoms with Gasteiger partial charge < -0.3 is 10.0 Å². The molecule has 92 valence electrons. The summed E-state index contributed by atoms with van der Waals surface area (Å²) in [5, 5.41) is 18.3. The summed E-state index contributed by atoms with van der Waals surface area (Å²) in [4.78, 5) is 0. The Morgan fingerprint density at radius 1 is 1.24 bits per heavy atom. The van der Waals surface area contributed by atoms with Gasteiger partial charge in [0, 0.05) is 0 Å². The Bertz CT molecular complexity index is 439. The Morgan fingerprint density at radius 2 is 1.82 bits per heavy atom. The second kappa shape index (κ2) is 4.03. The van der Waals surface area contributed by atoms with Crippen LogP contribution in [0.2, 0.25) is 0 Å². The molecule has 2 N–H and O–H groups in total. The van der Waals surface area contributed by atoms with Crippen LogP contribution in [0.5, 0.6) is 0 Å². The first kappa shape index (κ1) is 12.5. The van der Waals surface area contributed by atoms with Gasteiger partial charge in [-0.05, 0) is 48.3 Å². The van der Waals surface area contributed by atoms with E-state index in [9.17, 15) is 13.2 Å². The molecule has 0 bridgehead atoms. The molecule has 2 nitrogen and oxygen atoms in total. The normalized spacial score (nSPS) is 16.1. The molecule has 0 aliphatic heterocycles. The second-order valence-electron chi connectivity index (χ2n) is 4.44. The topological polar surface area (TPSA) is 40.5 Å². The predicted molar refractivity (Wildman–Crippen MR) is 58.0 cm³/mol. The van der Waals surface area contributed by atoms with E-state index in [-0.39, 0.29) is 16.9 Å². The third-order valence-corrected chi connectivity index (χ3v) is 3.03. The number of alkyl halides is 3. The molecule has 2 rings (SSSR count). The van der Waals surface area contributed by atoms with E-state index in [4.69, 9.17) is 10.0 Å². The van der Waals surface area contributed by atoms with Crippen LogP contribution >= 0.6 is 0 Å². The van der Waals surface area contributed by atoms with E-state index < -0.39 is 18.9 Å². The molecule has 0 spiro atoms. The molecule has 0 unspecified atom stereocenters. The summed E-state index contributed by atoms with van der Waals surface area (Å²) in [5.74, 6) is 0.174. The molecular weight excluding hydrogens is 232 g/mol. The fourth-order valence-corrected chi connectivity index (χ4v) is 2.02. The lowest BCUT2D eigenvalue weighted by Crippen LogP contribution is -2.34. The summed E-state index contributed by atoms with van der Waals surface area (Å²) in [5.41, 5.74) is -0.0651. The van der Waals surface area contributed by atoms with Gasteiger partial charge in [-0.2, -0.15) is 13.2 Å². The average molecular weight is 244 g/mol. The number of benzene rings is 1. The summed E-state index contributed by atoms with van der Waals surface area (Å²) in [6.07, 6.45) is -2.68. The first-order valence-corrected chi connectivity index (χ1v) is 5.38. The first-order valence-electron chi connectivity index (χ1n) is 5.38. The highest BCUT2D eigenvalue weighted by Crippen LogP contribution is 2.41. The summed E-state index contributed by atoms with van der Waals surface area (Å²) in [6.45, 7) is 1.39. The van der Waals surface area contributed by atoms with Crippen molar-refractivity contribution in [2.24, 2.45) is 0 Å². The van der Waals surface area contributed by atoms with Gasteiger partial charge in [0.05, 0.1) is 5.56 Å². The van der Waals surface area contributed by atoms with Crippen molar-refractivity contribution in [3.63, 3.8) is 0 Å². The zero-order valence-electron chi connectivity index (χ0n) is 9.25. The van der Waals surface area contributed by atoms with Crippen LogP contribution in [0.1, 0.15) is 35.4 Å². The molecule has 1 aliphatic carbocycles. The van der Waals surface area contributed by atoms with Gasteiger partial charge in [0.15, 0.2) is 0 Å². The highest BCUT2D eigenvalue weighted by atomic mass is 19.4. The molecule has 1 fully saturated rings. The largest absolute Gasteiger partial charge is 0.488 e. The Balaban J connectivity index is 2.54. The van der Waals surface area contributed by atoms with Gasteiger partial charge in [-0.1, -0.05) is 6.07 Å². The van der Waals surface area contributed by atoms with Crippen molar-refractivity contribution >= 4 is 12.6 Å². The van der Waals surface area contributed by atoms with Crippen molar-refractivity contribution in [1.82, 2.24) is 0 Å². The van der Waals surface area contributed by atoms with Crippen molar-refractivity contribution in [1.29, 1.82) is 0 Å². The predicted octanol–water partition coefficient (Wildman–Crippen LogP) is 1.57. The quantitative estimate of drug-likeness (QED) is 0.775. The molecule has 1 aromatic rings. The molecular formula is C11H12BF3O2. The highest BCUT2D eigenvalue weighted by molar-refractivity contribution is 6.59. The highest BCUT2D eigenvalue weighted by Gasteiger charge is 2.36. The Labute approximate surface area is 97.2 Å². The van der Waals surface area contributed by atoms with E-state index in [0.29, 0.717) is 5.56 Å². The molecule has 6 heteroatoms. The van der Waals surface area contributed by atoms with Gasteiger partial charge in [0.2, 0.25) is 0 Å². The molecule has 0 amide bonds. The molecule has 0 radical (unpaired) electrons. The maximum Gasteiger partial charge on any atom is 0.488 e. The monoisotopic (exact) mass is 244 g/mol. The molecule has 0 heterocycles. The van der Waals surface area contributed by atoms with Crippen LogP contribution in [0.4, 0.5) is 13.2 Å². The Hall–Kier alpha value is -1.01. The van der Waals surface area contributed by atoms with E-state index in [1.54, 1.807) is 0 Å². The van der Waals surface area contributed by atoms with Crippen molar-refractivity contribution < 1.29 is 23.2 Å². The second-order valence-corrected chi connectivity index (χ2v) is 4.44. The lowest BCUT2D eigenvalue weighted by atomic mass is 9.74. The fourth-order valence-electron chi connectivity index (χ4n) is 2.02. The maximum absolute atomic E-state index is 12.7. The van der Waals surface area contributed by atoms with Gasteiger partial charge >= 0.3 is 13.3 Å². The Morgan fingerprint density at radius 3 is 2.24 bits per heavy atom. The van der Waals surface area contributed by atoms with E-state index in [0.717, 1.165) is 18.9 Å². The van der Waals surface area contributed by atoms with Gasteiger partial charge in [-0.15, -0.1) is 0 Å². The van der Waals surface area contributed by atoms with Crippen LogP contribution in [0.25, 0.3) is 0 Å². The lowest BCUT2D eigenvalue weighted by Gasteiger charge is -2.15. The first-order chi connectivity index (χ1) is 7.80. The summed E-state index contributed by atoms with van der Waals surface area (Å²) in [6, 6.07) is 2.28. The minimum absolute atomic E-state index is 0.0228. The molecule has 1 aromatic carbocycles. The molecule has 17 heavy (non-hydrogen) atoms. The SMILES string of the molecule is Cc1cc(C2CC2)c(B(O)O)cc1C(F)(F)F. The fraction of sp³-hybridized carbons (Fsp3) is 0.455. The molecule has 1 aliphatic rings. The van der Waals surface area contributed by atoms with Crippen LogP contribution in [0.3, 0.4) is 0 Å². The number of hydrogen-bond donors (Lipinski definition) is 2. The molecule has 1 saturated carbocycles. The third kappa shape index (κ3) is 2.47. The maximum atomic E-state index is 12.7. The van der Waals surface area contributed by atoms with Crippen LogP contribution in [0.15, 0.2) is 12.1 Å². The number of hydrogen-bond acceptors (Lipinski definition) is 2. The van der Waals surface area contributed by atoms with Crippen molar-refractivity contribution in [3.8, 4) is 0 Å². The zero-order valence-corrected chi connectivity index (χ0v) is 9.25. The standard InChI is InChI=1S/C11H12BF3O2/c1-6-4-8(7-2-3-7)10(12(16)17)5-9(6)11(13,14)15/h4-5,7,16-17H,2-3H2,1H3. The third-order valence-electron chi connectivity index (χ3n) is 3.03. The molecule has 0 saturated heterocycles. The van der Waals surface area contributed by atoms with Gasteiger partial charge in [-0.25, -0.2) is 0 Å². The smallest absolute Gasteiger partial charge is 0.423 e. The van der Waals surface area contributed by atoms with E-state index in [2.05, 4.69) is 0 Å². The van der Waals surface area contributed by atoms with Gasteiger partial charge in [-0.3, -0.25) is 0 Å². The van der Waals surface area contributed by atoms with Crippen LogP contribution in [0, 0.1) is 6.92 Å². The lowest BCUT2D eigenvalue weighted by molar-refractivity contribution is -0.138. The summed E-state index contributed by atoms with van der Waals surface area (Å²) in [7, 11) is -1.85. The molecule has 0 aromatic heterocycles. The van der Waals surface area contributed by atoms with Crippen molar-refractivity contribution in [2.45, 2.75) is 31.9 Å². The average Bonchev–Trinajstić information content (AvgIpc) is 2.97. The minimum atomic E-state index is -4.46. The van der Waals surface area contributed by atoms with Crippen LogP contribution in [-0.4, -0.2) is 17.2 Å². The van der Waals surface area contributed by atoms with E-state index >= 15 is 0 Å². The van der Waals surface area contributed by atoms with E-state index in [1.807, 2.05) is 0 Å². The summed E-state index contributed by atoms with van der Waals surface area (Å²) < 4.78 is 38.0. The molecule has 0 atom stereocenters. The van der Waals surface area contributed by atoms with Crippen LogP contribution in [-0.2, 0) is 6.18 Å². The number of aryl methyl sites for hydroxylation is 1. The number of halogens is 3. The van der Waals surface area contributed by atoms with Gasteiger partial charge in [0.1, 0.15) is 0 Å². The minimum Gasteiger partial charge on any atom is -0.423 e. The van der Waals surface area contributed by atoms with Crippen LogP contribution < -0.4 is 5.46 Å².